The highest BCUT2D eigenvalue weighted by atomic mass is 16.3. The topological polar surface area (TPSA) is 20.2 Å². The Kier molecular flexibility index (Phi) is 4.03. The van der Waals surface area contributed by atoms with Gasteiger partial charge in [0.15, 0.2) is 0 Å². The van der Waals surface area contributed by atoms with Gasteiger partial charge >= 0.3 is 0 Å². The van der Waals surface area contributed by atoms with Crippen molar-refractivity contribution < 1.29 is 5.11 Å². The van der Waals surface area contributed by atoms with Crippen LogP contribution < -0.4 is 0 Å². The average Bonchev–Trinajstić information content (AvgIpc) is 2.73. The van der Waals surface area contributed by atoms with E-state index in [2.05, 4.69) is 48.5 Å². The van der Waals surface area contributed by atoms with Crippen molar-refractivity contribution in [2.75, 3.05) is 0 Å². The Labute approximate surface area is 124 Å². The molecule has 1 fully saturated rings. The van der Waals surface area contributed by atoms with Gasteiger partial charge in [0.05, 0.1) is 6.10 Å². The fourth-order valence-corrected chi connectivity index (χ4v) is 4.11. The van der Waals surface area contributed by atoms with Crippen LogP contribution in [-0.2, 0) is 0 Å². The second kappa shape index (κ2) is 5.18. The van der Waals surface area contributed by atoms with E-state index in [0.29, 0.717) is 5.92 Å². The fraction of sp³-hybridized carbons (Fsp3) is 0.684. The van der Waals surface area contributed by atoms with Crippen LogP contribution in [0.3, 0.4) is 0 Å². The van der Waals surface area contributed by atoms with Gasteiger partial charge in [-0.3, -0.25) is 0 Å². The molecule has 0 radical (unpaired) electrons. The molecule has 1 aliphatic carbocycles. The van der Waals surface area contributed by atoms with Gasteiger partial charge in [-0.25, -0.2) is 0 Å². The van der Waals surface area contributed by atoms with E-state index in [0.717, 1.165) is 6.42 Å². The highest BCUT2D eigenvalue weighted by molar-refractivity contribution is 5.50. The number of hydrogen-bond acceptors (Lipinski definition) is 1. The molecule has 1 saturated carbocycles. The van der Waals surface area contributed by atoms with Gasteiger partial charge in [0.1, 0.15) is 0 Å². The summed E-state index contributed by atoms with van der Waals surface area (Å²) in [6.07, 6.45) is 3.32. The lowest BCUT2D eigenvalue weighted by Crippen LogP contribution is -2.25. The zero-order valence-corrected chi connectivity index (χ0v) is 14.2. The number of aliphatic hydroxyl groups is 1. The first-order valence-electron chi connectivity index (χ1n) is 7.93. The molecule has 112 valence electrons. The molecule has 1 N–H and O–H groups in total. The minimum absolute atomic E-state index is 0.255. The predicted octanol–water partition coefficient (Wildman–Crippen LogP) is 5.09. The smallest absolute Gasteiger partial charge is 0.0828 e. The quantitative estimate of drug-likeness (QED) is 0.796. The van der Waals surface area contributed by atoms with Crippen LogP contribution in [0.1, 0.15) is 72.6 Å². The highest BCUT2D eigenvalue weighted by Gasteiger charge is 2.40. The van der Waals surface area contributed by atoms with Gasteiger partial charge < -0.3 is 5.11 Å². The first-order valence-corrected chi connectivity index (χ1v) is 7.93. The zero-order chi connectivity index (χ0) is 15.2. The Hall–Kier alpha value is -0.820. The standard InChI is InChI=1S/C19H30O/c1-11-12(2)14(4)17(15(5)13(11)3)18(20)16-9-8-10-19(16,6)7/h16,18,20H,8-10H2,1-7H3. The van der Waals surface area contributed by atoms with Crippen LogP contribution in [0, 0.1) is 46.0 Å². The highest BCUT2D eigenvalue weighted by Crippen LogP contribution is 2.50. The van der Waals surface area contributed by atoms with Crippen LogP contribution in [0.2, 0.25) is 0 Å². The molecule has 0 saturated heterocycles. The summed E-state index contributed by atoms with van der Waals surface area (Å²) in [5, 5.41) is 11.1. The number of aliphatic hydroxyl groups excluding tert-OH is 1. The lowest BCUT2D eigenvalue weighted by Gasteiger charge is -2.34. The molecule has 1 heteroatoms. The molecule has 2 rings (SSSR count). The molecule has 0 aliphatic heterocycles. The van der Waals surface area contributed by atoms with Crippen LogP contribution in [0.15, 0.2) is 0 Å². The summed E-state index contributed by atoms with van der Waals surface area (Å²) in [5.41, 5.74) is 8.11. The van der Waals surface area contributed by atoms with E-state index in [1.54, 1.807) is 0 Å². The molecular weight excluding hydrogens is 244 g/mol. The summed E-state index contributed by atoms with van der Waals surface area (Å²) in [7, 11) is 0. The Morgan fingerprint density at radius 3 is 1.75 bits per heavy atom. The minimum atomic E-state index is -0.314. The molecule has 1 nitrogen and oxygen atoms in total. The second-order valence-corrected chi connectivity index (χ2v) is 7.47. The number of hydrogen-bond donors (Lipinski definition) is 1. The lowest BCUT2D eigenvalue weighted by molar-refractivity contribution is 0.0521. The maximum Gasteiger partial charge on any atom is 0.0828 e. The van der Waals surface area contributed by atoms with E-state index in [1.807, 2.05) is 0 Å². The van der Waals surface area contributed by atoms with Gasteiger partial charge in [-0.05, 0) is 92.2 Å². The number of rotatable bonds is 2. The molecule has 20 heavy (non-hydrogen) atoms. The van der Waals surface area contributed by atoms with E-state index < -0.39 is 0 Å². The van der Waals surface area contributed by atoms with E-state index >= 15 is 0 Å². The summed E-state index contributed by atoms with van der Waals surface area (Å²) in [6.45, 7) is 15.5. The van der Waals surface area contributed by atoms with Crippen molar-refractivity contribution >= 4 is 0 Å². The van der Waals surface area contributed by atoms with Gasteiger partial charge in [-0.2, -0.15) is 0 Å². The largest absolute Gasteiger partial charge is 0.388 e. The molecule has 2 atom stereocenters. The number of benzene rings is 1. The van der Waals surface area contributed by atoms with Crippen molar-refractivity contribution in [1.82, 2.24) is 0 Å². The molecule has 0 bridgehead atoms. The van der Waals surface area contributed by atoms with Crippen molar-refractivity contribution in [2.45, 2.75) is 73.8 Å². The molecule has 0 amide bonds. The van der Waals surface area contributed by atoms with Gasteiger partial charge in [-0.15, -0.1) is 0 Å². The Morgan fingerprint density at radius 1 is 0.900 bits per heavy atom. The van der Waals surface area contributed by atoms with Crippen molar-refractivity contribution in [3.8, 4) is 0 Å². The molecule has 2 unspecified atom stereocenters. The molecule has 1 aromatic rings. The summed E-state index contributed by atoms with van der Waals surface area (Å²) < 4.78 is 0. The van der Waals surface area contributed by atoms with Gasteiger partial charge in [-0.1, -0.05) is 20.3 Å². The zero-order valence-electron chi connectivity index (χ0n) is 14.2. The molecule has 0 heterocycles. The summed E-state index contributed by atoms with van der Waals surface area (Å²) in [6, 6.07) is 0. The molecule has 1 aromatic carbocycles. The normalized spacial score (nSPS) is 23.1. The molecule has 0 aromatic heterocycles. The van der Waals surface area contributed by atoms with Crippen LogP contribution in [0.25, 0.3) is 0 Å². The fourth-order valence-electron chi connectivity index (χ4n) is 4.11. The SMILES string of the molecule is Cc1c(C)c(C)c(C(O)C2CCCC2(C)C)c(C)c1C. The van der Waals surface area contributed by atoms with Gasteiger partial charge in [0.25, 0.3) is 0 Å². The van der Waals surface area contributed by atoms with Gasteiger partial charge in [0, 0.05) is 0 Å². The lowest BCUT2D eigenvalue weighted by atomic mass is 9.74. The Balaban J connectivity index is 2.53. The van der Waals surface area contributed by atoms with E-state index in [-0.39, 0.29) is 11.5 Å². The van der Waals surface area contributed by atoms with Crippen LogP contribution in [0.4, 0.5) is 0 Å². The maximum absolute atomic E-state index is 11.1. The predicted molar refractivity (Wildman–Crippen MR) is 86.2 cm³/mol. The van der Waals surface area contributed by atoms with Crippen LogP contribution in [-0.4, -0.2) is 5.11 Å². The van der Waals surface area contributed by atoms with E-state index in [4.69, 9.17) is 0 Å². The third-order valence-electron chi connectivity index (χ3n) is 6.07. The molecule has 0 spiro atoms. The Bertz CT molecular complexity index is 496. The first kappa shape index (κ1) is 15.6. The average molecular weight is 274 g/mol. The van der Waals surface area contributed by atoms with E-state index in [1.165, 1.54) is 46.2 Å². The molecule has 1 aliphatic rings. The van der Waals surface area contributed by atoms with E-state index in [9.17, 15) is 5.11 Å². The summed E-state index contributed by atoms with van der Waals surface area (Å²) in [5.74, 6) is 0.390. The third-order valence-corrected chi connectivity index (χ3v) is 6.07. The third kappa shape index (κ3) is 2.30. The minimum Gasteiger partial charge on any atom is -0.388 e. The van der Waals surface area contributed by atoms with Crippen molar-refractivity contribution in [2.24, 2.45) is 11.3 Å². The van der Waals surface area contributed by atoms with Gasteiger partial charge in [0.2, 0.25) is 0 Å². The van der Waals surface area contributed by atoms with Crippen molar-refractivity contribution in [3.63, 3.8) is 0 Å². The summed E-state index contributed by atoms with van der Waals surface area (Å²) in [4.78, 5) is 0. The summed E-state index contributed by atoms with van der Waals surface area (Å²) >= 11 is 0. The van der Waals surface area contributed by atoms with Crippen molar-refractivity contribution in [1.29, 1.82) is 0 Å². The Morgan fingerprint density at radius 2 is 1.35 bits per heavy atom. The van der Waals surface area contributed by atoms with Crippen molar-refractivity contribution in [3.05, 3.63) is 33.4 Å². The second-order valence-electron chi connectivity index (χ2n) is 7.47. The first-order chi connectivity index (χ1) is 9.18. The monoisotopic (exact) mass is 274 g/mol. The van der Waals surface area contributed by atoms with Crippen LogP contribution in [0.5, 0.6) is 0 Å². The van der Waals surface area contributed by atoms with Crippen LogP contribution >= 0.6 is 0 Å². The molecular formula is C19H30O. The maximum atomic E-state index is 11.1.